The maximum Gasteiger partial charge on any atom is 0.211 e. The Kier molecular flexibility index (Phi) is 6.84. The van der Waals surface area contributed by atoms with Crippen LogP contribution in [0.3, 0.4) is 0 Å². The minimum Gasteiger partial charge on any atom is -0.369 e. The molecule has 0 aromatic heterocycles. The van der Waals surface area contributed by atoms with Gasteiger partial charge in [0.25, 0.3) is 0 Å². The second-order valence-corrected chi connectivity index (χ2v) is 6.85. The predicted octanol–water partition coefficient (Wildman–Crippen LogP) is 4.71. The molecule has 0 saturated heterocycles. The summed E-state index contributed by atoms with van der Waals surface area (Å²) in [7, 11) is 0. The minimum absolute atomic E-state index is 0.0760. The van der Waals surface area contributed by atoms with Gasteiger partial charge in [-0.1, -0.05) is 71.7 Å². The average Bonchev–Trinajstić information content (AvgIpc) is 2.70. The fourth-order valence-electron chi connectivity index (χ4n) is 2.44. The number of rotatable bonds is 6. The summed E-state index contributed by atoms with van der Waals surface area (Å²) in [6, 6.07) is 21.1. The Hall–Kier alpha value is -3.35. The SMILES string of the molecule is NC(N)=N/N=C/c1ccc(-c2ccc(/C=N/Nc3ccc(Cl)cc3Cl)cc2)cc1. The maximum absolute atomic E-state index is 6.11. The highest BCUT2D eigenvalue weighted by Crippen LogP contribution is 2.25. The summed E-state index contributed by atoms with van der Waals surface area (Å²) in [5.41, 5.74) is 18.1. The van der Waals surface area contributed by atoms with Crippen LogP contribution in [0.25, 0.3) is 11.1 Å². The molecular formula is C21H18Cl2N6. The molecule has 3 aromatic rings. The van der Waals surface area contributed by atoms with Gasteiger partial charge in [0, 0.05) is 5.02 Å². The molecule has 3 aromatic carbocycles. The lowest BCUT2D eigenvalue weighted by Crippen LogP contribution is -2.21. The van der Waals surface area contributed by atoms with Gasteiger partial charge in [0.2, 0.25) is 5.96 Å². The maximum atomic E-state index is 6.11. The molecular weight excluding hydrogens is 407 g/mol. The normalized spacial score (nSPS) is 11.1. The molecule has 0 spiro atoms. The van der Waals surface area contributed by atoms with Crippen LogP contribution in [0.5, 0.6) is 0 Å². The molecule has 0 aliphatic rings. The fraction of sp³-hybridized carbons (Fsp3) is 0. The lowest BCUT2D eigenvalue weighted by atomic mass is 10.0. The van der Waals surface area contributed by atoms with E-state index >= 15 is 0 Å². The molecule has 6 nitrogen and oxygen atoms in total. The van der Waals surface area contributed by atoms with E-state index in [1.165, 1.54) is 0 Å². The Morgan fingerprint density at radius 2 is 1.38 bits per heavy atom. The van der Waals surface area contributed by atoms with E-state index in [1.54, 1.807) is 30.6 Å². The molecule has 0 aliphatic heterocycles. The molecule has 5 N–H and O–H groups in total. The molecule has 146 valence electrons. The number of benzene rings is 3. The molecule has 0 bridgehead atoms. The molecule has 0 unspecified atom stereocenters. The number of guanidine groups is 1. The van der Waals surface area contributed by atoms with Crippen LogP contribution in [0.4, 0.5) is 5.69 Å². The van der Waals surface area contributed by atoms with Gasteiger partial charge in [-0.05, 0) is 40.5 Å². The summed E-state index contributed by atoms with van der Waals surface area (Å²) in [4.78, 5) is 0. The van der Waals surface area contributed by atoms with Crippen molar-refractivity contribution in [2.45, 2.75) is 0 Å². The smallest absolute Gasteiger partial charge is 0.211 e. The Labute approximate surface area is 178 Å². The highest BCUT2D eigenvalue weighted by atomic mass is 35.5. The molecule has 0 atom stereocenters. The van der Waals surface area contributed by atoms with Gasteiger partial charge in [0.1, 0.15) is 0 Å². The van der Waals surface area contributed by atoms with E-state index in [0.29, 0.717) is 15.7 Å². The lowest BCUT2D eigenvalue weighted by Gasteiger charge is -2.04. The minimum atomic E-state index is -0.0760. The summed E-state index contributed by atoms with van der Waals surface area (Å²) < 4.78 is 0. The van der Waals surface area contributed by atoms with Gasteiger partial charge >= 0.3 is 0 Å². The zero-order valence-corrected chi connectivity index (χ0v) is 16.8. The first kappa shape index (κ1) is 20.4. The monoisotopic (exact) mass is 424 g/mol. The van der Waals surface area contributed by atoms with Crippen molar-refractivity contribution in [2.24, 2.45) is 26.8 Å². The standard InChI is InChI=1S/C21H18Cl2N6/c22-18-9-10-20(19(23)11-18)28-26-12-14-1-5-16(6-2-14)17-7-3-15(4-8-17)13-27-29-21(24)25/h1-13,28H,(H4,24,25,29)/b26-12+,27-13+. The van der Waals surface area contributed by atoms with Gasteiger partial charge in [-0.25, -0.2) is 0 Å². The molecule has 8 heteroatoms. The van der Waals surface area contributed by atoms with Crippen LogP contribution in [0.2, 0.25) is 10.0 Å². The van der Waals surface area contributed by atoms with Crippen molar-refractivity contribution < 1.29 is 0 Å². The summed E-state index contributed by atoms with van der Waals surface area (Å²) in [5, 5.41) is 12.7. The second kappa shape index (κ2) is 9.73. The molecule has 0 fully saturated rings. The van der Waals surface area contributed by atoms with Crippen molar-refractivity contribution >= 4 is 47.3 Å². The van der Waals surface area contributed by atoms with E-state index in [1.807, 2.05) is 48.5 Å². The molecule has 0 amide bonds. The third-order valence-electron chi connectivity index (χ3n) is 3.86. The van der Waals surface area contributed by atoms with Crippen LogP contribution in [-0.2, 0) is 0 Å². The number of nitrogens with zero attached hydrogens (tertiary/aromatic N) is 3. The summed E-state index contributed by atoms with van der Waals surface area (Å²) in [5.74, 6) is -0.0760. The van der Waals surface area contributed by atoms with Gasteiger partial charge in [0.05, 0.1) is 23.1 Å². The van der Waals surface area contributed by atoms with E-state index in [2.05, 4.69) is 20.7 Å². The van der Waals surface area contributed by atoms with Crippen molar-refractivity contribution in [3.05, 3.63) is 87.9 Å². The molecule has 0 heterocycles. The molecule has 0 saturated carbocycles. The van der Waals surface area contributed by atoms with Crippen molar-refractivity contribution in [2.75, 3.05) is 5.43 Å². The average molecular weight is 425 g/mol. The van der Waals surface area contributed by atoms with Crippen molar-refractivity contribution in [1.82, 2.24) is 0 Å². The van der Waals surface area contributed by atoms with E-state index in [-0.39, 0.29) is 5.96 Å². The van der Waals surface area contributed by atoms with Crippen LogP contribution in [0, 0.1) is 0 Å². The number of halogens is 2. The number of hydrazone groups is 1. The molecule has 0 aliphatic carbocycles. The molecule has 0 radical (unpaired) electrons. The Bertz CT molecular complexity index is 1050. The van der Waals surface area contributed by atoms with Crippen LogP contribution < -0.4 is 16.9 Å². The number of anilines is 1. The fourth-order valence-corrected chi connectivity index (χ4v) is 2.89. The predicted molar refractivity (Wildman–Crippen MR) is 123 cm³/mol. The zero-order chi connectivity index (χ0) is 20.6. The first-order chi connectivity index (χ1) is 14.0. The quantitative estimate of drug-likeness (QED) is 0.303. The van der Waals surface area contributed by atoms with E-state index in [9.17, 15) is 0 Å². The number of nitrogens with one attached hydrogen (secondary N) is 1. The largest absolute Gasteiger partial charge is 0.369 e. The Balaban J connectivity index is 1.63. The topological polar surface area (TPSA) is 101 Å². The van der Waals surface area contributed by atoms with E-state index < -0.39 is 0 Å². The van der Waals surface area contributed by atoms with Gasteiger partial charge < -0.3 is 11.5 Å². The number of nitrogens with two attached hydrogens (primary N) is 2. The van der Waals surface area contributed by atoms with Gasteiger partial charge in [-0.2, -0.15) is 10.2 Å². The van der Waals surface area contributed by atoms with Gasteiger partial charge in [-0.15, -0.1) is 5.10 Å². The molecule has 3 rings (SSSR count). The summed E-state index contributed by atoms with van der Waals surface area (Å²) in [6.45, 7) is 0. The number of hydrogen-bond acceptors (Lipinski definition) is 4. The highest BCUT2D eigenvalue weighted by molar-refractivity contribution is 6.36. The third-order valence-corrected chi connectivity index (χ3v) is 4.41. The van der Waals surface area contributed by atoms with E-state index in [0.717, 1.165) is 22.3 Å². The Morgan fingerprint density at radius 1 is 0.793 bits per heavy atom. The zero-order valence-electron chi connectivity index (χ0n) is 15.3. The first-order valence-electron chi connectivity index (χ1n) is 8.58. The van der Waals surface area contributed by atoms with Crippen molar-refractivity contribution in [3.8, 4) is 11.1 Å². The van der Waals surface area contributed by atoms with Crippen LogP contribution in [0.1, 0.15) is 11.1 Å². The molecule has 29 heavy (non-hydrogen) atoms. The summed E-state index contributed by atoms with van der Waals surface area (Å²) in [6.07, 6.45) is 3.31. The lowest BCUT2D eigenvalue weighted by molar-refractivity contribution is 1.21. The summed E-state index contributed by atoms with van der Waals surface area (Å²) >= 11 is 12.0. The Morgan fingerprint density at radius 3 is 1.93 bits per heavy atom. The highest BCUT2D eigenvalue weighted by Gasteiger charge is 2.00. The number of hydrogen-bond donors (Lipinski definition) is 3. The van der Waals surface area contributed by atoms with Crippen molar-refractivity contribution in [1.29, 1.82) is 0 Å². The third kappa shape index (κ3) is 6.07. The first-order valence-corrected chi connectivity index (χ1v) is 9.33. The van der Waals surface area contributed by atoms with Crippen LogP contribution in [0.15, 0.2) is 82.0 Å². The second-order valence-electron chi connectivity index (χ2n) is 6.01. The van der Waals surface area contributed by atoms with Crippen LogP contribution in [-0.4, -0.2) is 18.4 Å². The van der Waals surface area contributed by atoms with Crippen LogP contribution >= 0.6 is 23.2 Å². The van der Waals surface area contributed by atoms with Gasteiger partial charge in [-0.3, -0.25) is 5.43 Å². The van der Waals surface area contributed by atoms with Crippen molar-refractivity contribution in [3.63, 3.8) is 0 Å². The van der Waals surface area contributed by atoms with E-state index in [4.69, 9.17) is 34.7 Å². The van der Waals surface area contributed by atoms with Gasteiger partial charge in [0.15, 0.2) is 0 Å².